The van der Waals surface area contributed by atoms with Crippen molar-refractivity contribution in [3.8, 4) is 0 Å². The molecule has 1 aliphatic rings. The van der Waals surface area contributed by atoms with E-state index in [-0.39, 0.29) is 17.7 Å². The Balaban J connectivity index is 1.81. The van der Waals surface area contributed by atoms with Crippen molar-refractivity contribution in [3.63, 3.8) is 0 Å². The molecule has 2 aromatic rings. The Kier molecular flexibility index (Phi) is 4.33. The summed E-state index contributed by atoms with van der Waals surface area (Å²) in [6.45, 7) is 4.64. The predicted molar refractivity (Wildman–Crippen MR) is 92.2 cm³/mol. The van der Waals surface area contributed by atoms with Gasteiger partial charge >= 0.3 is 0 Å². The molecule has 1 heterocycles. The maximum absolute atomic E-state index is 12.7. The molecule has 1 fully saturated rings. The van der Waals surface area contributed by atoms with E-state index in [4.69, 9.17) is 0 Å². The highest BCUT2D eigenvalue weighted by molar-refractivity contribution is 5.99. The number of hydrogen-bond acceptors (Lipinski definition) is 2. The maximum atomic E-state index is 12.7. The number of benzene rings is 2. The van der Waals surface area contributed by atoms with Gasteiger partial charge in [-0.2, -0.15) is 0 Å². The topological polar surface area (TPSA) is 49.4 Å². The standard InChI is InChI=1S/C19H22N2O2/c1-13(2)18(21-11-5-8-17(21)22)19(23)20-16-10-9-14-6-3-4-7-15(14)12-16/h3-4,6-7,9-10,12-13,18H,5,8,11H2,1-2H3,(H,20,23). The van der Waals surface area contributed by atoms with E-state index in [1.165, 1.54) is 0 Å². The molecule has 3 rings (SSSR count). The van der Waals surface area contributed by atoms with Crippen LogP contribution in [0, 0.1) is 5.92 Å². The molecule has 120 valence electrons. The summed E-state index contributed by atoms with van der Waals surface area (Å²) in [5.41, 5.74) is 0.769. The molecule has 1 N–H and O–H groups in total. The van der Waals surface area contributed by atoms with E-state index in [1.807, 2.05) is 56.3 Å². The average Bonchev–Trinajstić information content (AvgIpc) is 2.93. The number of likely N-dealkylation sites (tertiary alicyclic amines) is 1. The molecule has 1 unspecified atom stereocenters. The number of nitrogens with zero attached hydrogens (tertiary/aromatic N) is 1. The van der Waals surface area contributed by atoms with E-state index < -0.39 is 6.04 Å². The van der Waals surface area contributed by atoms with Crippen LogP contribution in [0.1, 0.15) is 26.7 Å². The van der Waals surface area contributed by atoms with Crippen LogP contribution >= 0.6 is 0 Å². The molecule has 0 bridgehead atoms. The number of fused-ring (bicyclic) bond motifs is 1. The van der Waals surface area contributed by atoms with Crippen molar-refractivity contribution in [2.75, 3.05) is 11.9 Å². The lowest BCUT2D eigenvalue weighted by atomic mass is 10.0. The van der Waals surface area contributed by atoms with Crippen molar-refractivity contribution in [1.29, 1.82) is 0 Å². The Morgan fingerprint density at radius 2 is 1.87 bits per heavy atom. The summed E-state index contributed by atoms with van der Waals surface area (Å²) in [5.74, 6) is 0.0559. The van der Waals surface area contributed by atoms with Crippen LogP contribution in [0.15, 0.2) is 42.5 Å². The number of anilines is 1. The summed E-state index contributed by atoms with van der Waals surface area (Å²) in [5, 5.41) is 5.21. The number of hydrogen-bond donors (Lipinski definition) is 1. The molecule has 1 saturated heterocycles. The van der Waals surface area contributed by atoms with Gasteiger partial charge in [0.05, 0.1) is 0 Å². The molecule has 4 nitrogen and oxygen atoms in total. The summed E-state index contributed by atoms with van der Waals surface area (Å²) < 4.78 is 0. The van der Waals surface area contributed by atoms with Crippen LogP contribution < -0.4 is 5.32 Å². The van der Waals surface area contributed by atoms with Crippen molar-refractivity contribution in [2.45, 2.75) is 32.7 Å². The molecule has 0 saturated carbocycles. The Morgan fingerprint density at radius 3 is 2.52 bits per heavy atom. The molecule has 0 spiro atoms. The fraction of sp³-hybridized carbons (Fsp3) is 0.368. The summed E-state index contributed by atoms with van der Waals surface area (Å²) in [6.07, 6.45) is 1.39. The van der Waals surface area contributed by atoms with Crippen molar-refractivity contribution in [2.24, 2.45) is 5.92 Å². The molecule has 23 heavy (non-hydrogen) atoms. The molecular weight excluding hydrogens is 288 g/mol. The largest absolute Gasteiger partial charge is 0.330 e. The quantitative estimate of drug-likeness (QED) is 0.940. The molecule has 0 aromatic heterocycles. The molecule has 0 radical (unpaired) electrons. The van der Waals surface area contributed by atoms with Gasteiger partial charge in [-0.1, -0.05) is 44.2 Å². The van der Waals surface area contributed by atoms with E-state index in [9.17, 15) is 9.59 Å². The molecule has 1 aliphatic heterocycles. The summed E-state index contributed by atoms with van der Waals surface area (Å²) >= 11 is 0. The van der Waals surface area contributed by atoms with Crippen LogP contribution in [0.25, 0.3) is 10.8 Å². The van der Waals surface area contributed by atoms with Gasteiger partial charge in [-0.05, 0) is 35.2 Å². The summed E-state index contributed by atoms with van der Waals surface area (Å²) in [4.78, 5) is 26.4. The van der Waals surface area contributed by atoms with E-state index in [0.717, 1.165) is 22.9 Å². The average molecular weight is 310 g/mol. The first-order chi connectivity index (χ1) is 11.1. The second-order valence-electron chi connectivity index (χ2n) is 6.43. The van der Waals surface area contributed by atoms with E-state index in [1.54, 1.807) is 4.90 Å². The second kappa shape index (κ2) is 6.41. The van der Waals surface area contributed by atoms with Crippen LogP contribution in [-0.2, 0) is 9.59 Å². The summed E-state index contributed by atoms with van der Waals surface area (Å²) in [6, 6.07) is 13.5. The third kappa shape index (κ3) is 3.21. The number of nitrogens with one attached hydrogen (secondary N) is 1. The Morgan fingerprint density at radius 1 is 1.13 bits per heavy atom. The minimum Gasteiger partial charge on any atom is -0.330 e. The SMILES string of the molecule is CC(C)C(C(=O)Nc1ccc2ccccc2c1)N1CCCC1=O. The number of rotatable bonds is 4. The van der Waals surface area contributed by atoms with E-state index >= 15 is 0 Å². The third-order valence-corrected chi connectivity index (χ3v) is 4.36. The van der Waals surface area contributed by atoms with Crippen molar-refractivity contribution in [1.82, 2.24) is 4.90 Å². The van der Waals surface area contributed by atoms with Crippen molar-refractivity contribution >= 4 is 28.3 Å². The molecule has 2 amide bonds. The molecule has 4 heteroatoms. The zero-order chi connectivity index (χ0) is 16.4. The fourth-order valence-corrected chi connectivity index (χ4v) is 3.25. The minimum absolute atomic E-state index is 0.0809. The highest BCUT2D eigenvalue weighted by Crippen LogP contribution is 2.23. The van der Waals surface area contributed by atoms with Crippen molar-refractivity contribution in [3.05, 3.63) is 42.5 Å². The first-order valence-corrected chi connectivity index (χ1v) is 8.15. The first kappa shape index (κ1) is 15.5. The van der Waals surface area contributed by atoms with Gasteiger partial charge in [-0.15, -0.1) is 0 Å². The Bertz CT molecular complexity index is 739. The number of amides is 2. The third-order valence-electron chi connectivity index (χ3n) is 4.36. The van der Waals surface area contributed by atoms with Crippen LogP contribution in [0.3, 0.4) is 0 Å². The molecule has 1 atom stereocenters. The van der Waals surface area contributed by atoms with Gasteiger partial charge in [-0.25, -0.2) is 0 Å². The normalized spacial score (nSPS) is 16.1. The van der Waals surface area contributed by atoms with Gasteiger partial charge in [0.15, 0.2) is 0 Å². The fourth-order valence-electron chi connectivity index (χ4n) is 3.25. The monoisotopic (exact) mass is 310 g/mol. The summed E-state index contributed by atoms with van der Waals surface area (Å²) in [7, 11) is 0. The van der Waals surface area contributed by atoms with E-state index in [2.05, 4.69) is 5.32 Å². The molecule has 0 aliphatic carbocycles. The predicted octanol–water partition coefficient (Wildman–Crippen LogP) is 3.43. The number of carbonyl (C=O) groups is 2. The van der Waals surface area contributed by atoms with Gasteiger partial charge in [0.25, 0.3) is 0 Å². The van der Waals surface area contributed by atoms with Gasteiger partial charge < -0.3 is 10.2 Å². The molecular formula is C19H22N2O2. The Hall–Kier alpha value is -2.36. The van der Waals surface area contributed by atoms with Gasteiger partial charge in [-0.3, -0.25) is 9.59 Å². The van der Waals surface area contributed by atoms with Crippen molar-refractivity contribution < 1.29 is 9.59 Å². The van der Waals surface area contributed by atoms with Gasteiger partial charge in [0.1, 0.15) is 6.04 Å². The van der Waals surface area contributed by atoms with Gasteiger partial charge in [0, 0.05) is 18.7 Å². The lowest BCUT2D eigenvalue weighted by Gasteiger charge is -2.29. The smallest absolute Gasteiger partial charge is 0.247 e. The molecule has 2 aromatic carbocycles. The highest BCUT2D eigenvalue weighted by atomic mass is 16.2. The van der Waals surface area contributed by atoms with Crippen LogP contribution in [0.5, 0.6) is 0 Å². The zero-order valence-electron chi connectivity index (χ0n) is 13.6. The maximum Gasteiger partial charge on any atom is 0.247 e. The second-order valence-corrected chi connectivity index (χ2v) is 6.43. The highest BCUT2D eigenvalue weighted by Gasteiger charge is 2.34. The van der Waals surface area contributed by atoms with Crippen LogP contribution in [0.4, 0.5) is 5.69 Å². The first-order valence-electron chi connectivity index (χ1n) is 8.15. The van der Waals surface area contributed by atoms with E-state index in [0.29, 0.717) is 13.0 Å². The van der Waals surface area contributed by atoms with Crippen LogP contribution in [0.2, 0.25) is 0 Å². The Labute approximate surface area is 136 Å². The number of carbonyl (C=O) groups excluding carboxylic acids is 2. The zero-order valence-corrected chi connectivity index (χ0v) is 13.6. The minimum atomic E-state index is -0.406. The van der Waals surface area contributed by atoms with Crippen LogP contribution in [-0.4, -0.2) is 29.3 Å². The van der Waals surface area contributed by atoms with Gasteiger partial charge in [0.2, 0.25) is 11.8 Å². The lowest BCUT2D eigenvalue weighted by molar-refractivity contribution is -0.136. The lowest BCUT2D eigenvalue weighted by Crippen LogP contribution is -2.47.